The molecule has 1 amide bonds. The summed E-state index contributed by atoms with van der Waals surface area (Å²) in [6, 6.07) is 10.9. The Balaban J connectivity index is 1.79. The maximum Gasteiger partial charge on any atom is 0.256 e. The average Bonchev–Trinajstić information content (AvgIpc) is 3.23. The predicted octanol–water partition coefficient (Wildman–Crippen LogP) is 3.52. The monoisotopic (exact) mass is 398 g/mol. The largest absolute Gasteiger partial charge is 0.368 e. The first-order chi connectivity index (χ1) is 13.5. The number of anilines is 1. The van der Waals surface area contributed by atoms with Crippen LogP contribution >= 0.6 is 11.6 Å². The van der Waals surface area contributed by atoms with Gasteiger partial charge >= 0.3 is 0 Å². The number of hydrogen-bond donors (Lipinski definition) is 1. The second-order valence-corrected chi connectivity index (χ2v) is 7.24. The van der Waals surface area contributed by atoms with Gasteiger partial charge in [-0.05, 0) is 30.2 Å². The van der Waals surface area contributed by atoms with Crippen LogP contribution in [-0.4, -0.2) is 50.4 Å². The standard InChI is InChI=1S/C20H23ClN6O/c1-14(2)18(13-23-19-9-8-15(21)12-22-19)26(3)20(28)16-6-4-5-7-17(16)27-24-10-11-25-27/h4-12,14,18H,13H2,1-3H3,(H,22,23). The lowest BCUT2D eigenvalue weighted by molar-refractivity contribution is 0.0700. The zero-order valence-corrected chi connectivity index (χ0v) is 16.8. The van der Waals surface area contributed by atoms with E-state index in [9.17, 15) is 4.79 Å². The van der Waals surface area contributed by atoms with Gasteiger partial charge in [0.1, 0.15) is 5.82 Å². The summed E-state index contributed by atoms with van der Waals surface area (Å²) in [5, 5.41) is 12.2. The van der Waals surface area contributed by atoms with Gasteiger partial charge in [0.15, 0.2) is 0 Å². The zero-order chi connectivity index (χ0) is 20.1. The molecule has 146 valence electrons. The molecule has 0 fully saturated rings. The number of rotatable bonds is 7. The van der Waals surface area contributed by atoms with Crippen molar-refractivity contribution in [1.82, 2.24) is 24.9 Å². The first kappa shape index (κ1) is 19.8. The number of nitrogens with zero attached hydrogens (tertiary/aromatic N) is 5. The van der Waals surface area contributed by atoms with Gasteiger partial charge in [0.05, 0.1) is 34.7 Å². The minimum Gasteiger partial charge on any atom is -0.368 e. The Morgan fingerprint density at radius 1 is 1.18 bits per heavy atom. The van der Waals surface area contributed by atoms with E-state index in [1.54, 1.807) is 35.6 Å². The summed E-state index contributed by atoms with van der Waals surface area (Å²) in [4.78, 5) is 20.7. The fourth-order valence-corrected chi connectivity index (χ4v) is 3.13. The molecule has 28 heavy (non-hydrogen) atoms. The van der Waals surface area contributed by atoms with Crippen molar-refractivity contribution >= 4 is 23.3 Å². The normalized spacial score (nSPS) is 12.0. The highest BCUT2D eigenvalue weighted by Crippen LogP contribution is 2.19. The predicted molar refractivity (Wildman–Crippen MR) is 110 cm³/mol. The van der Waals surface area contributed by atoms with Gasteiger partial charge in [0, 0.05) is 19.8 Å². The van der Waals surface area contributed by atoms with Crippen molar-refractivity contribution in [3.05, 3.63) is 65.6 Å². The molecule has 1 aromatic carbocycles. The number of pyridine rings is 1. The van der Waals surface area contributed by atoms with Crippen molar-refractivity contribution in [2.75, 3.05) is 18.9 Å². The van der Waals surface area contributed by atoms with Gasteiger partial charge in [0.2, 0.25) is 0 Å². The van der Waals surface area contributed by atoms with Gasteiger partial charge in [-0.15, -0.1) is 0 Å². The number of nitrogens with one attached hydrogen (secondary N) is 1. The molecule has 0 radical (unpaired) electrons. The van der Waals surface area contributed by atoms with Crippen molar-refractivity contribution in [2.24, 2.45) is 5.92 Å². The van der Waals surface area contributed by atoms with Crippen molar-refractivity contribution in [1.29, 1.82) is 0 Å². The number of amides is 1. The molecular formula is C20H23ClN6O. The molecule has 0 saturated heterocycles. The molecule has 8 heteroatoms. The topological polar surface area (TPSA) is 75.9 Å². The highest BCUT2D eigenvalue weighted by molar-refractivity contribution is 6.30. The average molecular weight is 399 g/mol. The van der Waals surface area contributed by atoms with Crippen LogP contribution in [-0.2, 0) is 0 Å². The van der Waals surface area contributed by atoms with E-state index in [2.05, 4.69) is 34.3 Å². The minimum absolute atomic E-state index is 0.0383. The van der Waals surface area contributed by atoms with Gasteiger partial charge in [-0.2, -0.15) is 15.0 Å². The summed E-state index contributed by atoms with van der Waals surface area (Å²) < 4.78 is 0. The molecule has 1 N–H and O–H groups in total. The van der Waals surface area contributed by atoms with E-state index >= 15 is 0 Å². The smallest absolute Gasteiger partial charge is 0.256 e. The molecule has 7 nitrogen and oxygen atoms in total. The summed E-state index contributed by atoms with van der Waals surface area (Å²) in [6.07, 6.45) is 4.77. The molecular weight excluding hydrogens is 376 g/mol. The highest BCUT2D eigenvalue weighted by atomic mass is 35.5. The lowest BCUT2D eigenvalue weighted by Gasteiger charge is -2.32. The molecule has 3 aromatic rings. The maximum absolute atomic E-state index is 13.3. The molecule has 1 unspecified atom stereocenters. The SMILES string of the molecule is CC(C)C(CNc1ccc(Cl)cn1)N(C)C(=O)c1ccccc1-n1nccn1. The van der Waals surface area contributed by atoms with Crippen LogP contribution in [0.5, 0.6) is 0 Å². The van der Waals surface area contributed by atoms with E-state index < -0.39 is 0 Å². The van der Waals surface area contributed by atoms with Gasteiger partial charge in [-0.3, -0.25) is 4.79 Å². The molecule has 0 aliphatic heterocycles. The first-order valence-electron chi connectivity index (χ1n) is 9.05. The summed E-state index contributed by atoms with van der Waals surface area (Å²) >= 11 is 5.89. The van der Waals surface area contributed by atoms with Gasteiger partial charge < -0.3 is 10.2 Å². The Morgan fingerprint density at radius 2 is 1.89 bits per heavy atom. The van der Waals surface area contributed by atoms with Crippen molar-refractivity contribution in [2.45, 2.75) is 19.9 Å². The number of carbonyl (C=O) groups excluding carboxylic acids is 1. The Labute approximate surface area is 169 Å². The van der Waals surface area contributed by atoms with Crippen LogP contribution in [0.1, 0.15) is 24.2 Å². The number of halogens is 1. The fraction of sp³-hybridized carbons (Fsp3) is 0.300. The molecule has 0 aliphatic rings. The van der Waals surface area contributed by atoms with E-state index in [4.69, 9.17) is 11.6 Å². The molecule has 1 atom stereocenters. The maximum atomic E-state index is 13.3. The third-order valence-electron chi connectivity index (χ3n) is 4.58. The van der Waals surface area contributed by atoms with E-state index in [0.717, 1.165) is 5.82 Å². The summed E-state index contributed by atoms with van der Waals surface area (Å²) in [6.45, 7) is 4.75. The van der Waals surface area contributed by atoms with Gasteiger partial charge in [-0.25, -0.2) is 4.98 Å². The Morgan fingerprint density at radius 3 is 2.54 bits per heavy atom. The lowest BCUT2D eigenvalue weighted by atomic mass is 10.0. The van der Waals surface area contributed by atoms with Gasteiger partial charge in [0.25, 0.3) is 5.91 Å². The van der Waals surface area contributed by atoms with Crippen LogP contribution in [0.2, 0.25) is 5.02 Å². The van der Waals surface area contributed by atoms with Crippen LogP contribution in [0.15, 0.2) is 55.0 Å². The van der Waals surface area contributed by atoms with Crippen molar-refractivity contribution in [3.63, 3.8) is 0 Å². The first-order valence-corrected chi connectivity index (χ1v) is 9.43. The highest BCUT2D eigenvalue weighted by Gasteiger charge is 2.26. The van der Waals surface area contributed by atoms with Crippen molar-refractivity contribution < 1.29 is 4.79 Å². The summed E-state index contributed by atoms with van der Waals surface area (Å²) in [7, 11) is 1.82. The molecule has 0 aliphatic carbocycles. The molecule has 2 heterocycles. The van der Waals surface area contributed by atoms with E-state index in [1.807, 2.05) is 31.3 Å². The van der Waals surface area contributed by atoms with Crippen LogP contribution in [0.4, 0.5) is 5.82 Å². The summed E-state index contributed by atoms with van der Waals surface area (Å²) in [5.74, 6) is 0.873. The number of aromatic nitrogens is 4. The van der Waals surface area contributed by atoms with Crippen LogP contribution < -0.4 is 5.32 Å². The second-order valence-electron chi connectivity index (χ2n) is 6.81. The van der Waals surface area contributed by atoms with Crippen LogP contribution in [0, 0.1) is 5.92 Å². The molecule has 0 bridgehead atoms. The van der Waals surface area contributed by atoms with Gasteiger partial charge in [-0.1, -0.05) is 37.6 Å². The molecule has 0 saturated carbocycles. The Bertz CT molecular complexity index is 911. The lowest BCUT2D eigenvalue weighted by Crippen LogP contribution is -2.45. The summed E-state index contributed by atoms with van der Waals surface area (Å²) in [5.41, 5.74) is 1.20. The Kier molecular flexibility index (Phi) is 6.26. The Hall–Kier alpha value is -2.93. The van der Waals surface area contributed by atoms with Crippen LogP contribution in [0.25, 0.3) is 5.69 Å². The molecule has 2 aromatic heterocycles. The number of para-hydroxylation sites is 1. The number of carbonyl (C=O) groups is 1. The number of hydrogen-bond acceptors (Lipinski definition) is 5. The third kappa shape index (κ3) is 4.48. The van der Waals surface area contributed by atoms with E-state index in [0.29, 0.717) is 22.8 Å². The van der Waals surface area contributed by atoms with Crippen LogP contribution in [0.3, 0.4) is 0 Å². The second kappa shape index (κ2) is 8.84. The zero-order valence-electron chi connectivity index (χ0n) is 16.1. The minimum atomic E-state index is -0.0857. The number of benzene rings is 1. The molecule has 0 spiro atoms. The third-order valence-corrected chi connectivity index (χ3v) is 4.80. The fourth-order valence-electron chi connectivity index (χ4n) is 3.02. The quantitative estimate of drug-likeness (QED) is 0.658. The van der Waals surface area contributed by atoms with E-state index in [1.165, 1.54) is 4.80 Å². The van der Waals surface area contributed by atoms with Crippen molar-refractivity contribution in [3.8, 4) is 5.69 Å². The molecule has 3 rings (SSSR count). The van der Waals surface area contributed by atoms with E-state index in [-0.39, 0.29) is 17.9 Å². The number of likely N-dealkylation sites (N-methyl/N-ethyl adjacent to an activating group) is 1.